The number of rotatable bonds is 7. The molecule has 0 aliphatic rings. The fourth-order valence-electron chi connectivity index (χ4n) is 1.55. The highest BCUT2D eigenvalue weighted by Gasteiger charge is 2.30. The van der Waals surface area contributed by atoms with E-state index in [1.54, 1.807) is 0 Å². The lowest BCUT2D eigenvalue weighted by atomic mass is 10.0. The zero-order valence-corrected chi connectivity index (χ0v) is 11.0. The first-order valence-electron chi connectivity index (χ1n) is 6.16. The van der Waals surface area contributed by atoms with Gasteiger partial charge in [-0.1, -0.05) is 12.1 Å². The van der Waals surface area contributed by atoms with Crippen LogP contribution in [0.2, 0.25) is 0 Å². The van der Waals surface area contributed by atoms with Crippen LogP contribution in [0.3, 0.4) is 0 Å². The van der Waals surface area contributed by atoms with E-state index < -0.39 is 43.6 Å². The summed E-state index contributed by atoms with van der Waals surface area (Å²) >= 11 is 0. The summed E-state index contributed by atoms with van der Waals surface area (Å²) in [5.74, 6) is -1.22. The lowest BCUT2D eigenvalue weighted by molar-refractivity contribution is -0.124. The molecular weight excluding hydrogens is 284 g/mol. The number of phenols is 1. The summed E-state index contributed by atoms with van der Waals surface area (Å²) in [6, 6.07) is 5.61. The molecule has 6 N–H and O–H groups in total. The molecule has 1 rings (SSSR count). The van der Waals surface area contributed by atoms with Gasteiger partial charge in [-0.2, -0.15) is 0 Å². The van der Waals surface area contributed by atoms with Gasteiger partial charge in [0.15, 0.2) is 0 Å². The second kappa shape index (κ2) is 7.91. The lowest BCUT2D eigenvalue weighted by Crippen LogP contribution is -2.47. The summed E-state index contributed by atoms with van der Waals surface area (Å²) in [7, 11) is 0. The average molecular weight is 302 g/mol. The van der Waals surface area contributed by atoms with Crippen molar-refractivity contribution in [1.82, 2.24) is 0 Å². The Morgan fingerprint density at radius 3 is 2.19 bits per heavy atom. The second-order valence-electron chi connectivity index (χ2n) is 4.41. The van der Waals surface area contributed by atoms with Crippen molar-refractivity contribution in [2.45, 2.75) is 24.4 Å². The molecule has 0 aliphatic heterocycles. The quantitative estimate of drug-likeness (QED) is 0.316. The summed E-state index contributed by atoms with van der Waals surface area (Å²) in [6.07, 6.45) is -6.92. The van der Waals surface area contributed by atoms with E-state index in [1.165, 1.54) is 24.3 Å². The summed E-state index contributed by atoms with van der Waals surface area (Å²) < 4.78 is 4.69. The van der Waals surface area contributed by atoms with Crippen LogP contribution in [0.15, 0.2) is 24.3 Å². The molecule has 0 saturated heterocycles. The summed E-state index contributed by atoms with van der Waals surface area (Å²) in [6.45, 7) is -1.47. The molecule has 0 bridgehead atoms. The van der Waals surface area contributed by atoms with E-state index in [0.29, 0.717) is 0 Å². The van der Waals surface area contributed by atoms with Crippen LogP contribution in [0.5, 0.6) is 5.75 Å². The van der Waals surface area contributed by atoms with Crippen molar-refractivity contribution in [3.05, 3.63) is 29.8 Å². The first kappa shape index (κ1) is 17.3. The minimum absolute atomic E-state index is 0.116. The number of ether oxygens (including phenoxy) is 1. The van der Waals surface area contributed by atoms with E-state index in [1.807, 2.05) is 0 Å². The number of phenolic OH excluding ortho intramolecular Hbond substituents is 1. The fraction of sp³-hybridized carbons (Fsp3) is 0.462. The monoisotopic (exact) mass is 302 g/mol. The van der Waals surface area contributed by atoms with Crippen molar-refractivity contribution < 1.29 is 40.2 Å². The normalized spacial score (nSPS) is 16.8. The molecule has 8 heteroatoms. The van der Waals surface area contributed by atoms with Gasteiger partial charge in [0.25, 0.3) is 0 Å². The summed E-state index contributed by atoms with van der Waals surface area (Å²) in [4.78, 5) is 11.6. The van der Waals surface area contributed by atoms with Gasteiger partial charge in [-0.25, -0.2) is 4.79 Å². The predicted octanol–water partition coefficient (Wildman–Crippen LogP) is -2.02. The number of hydrogen-bond donors (Lipinski definition) is 6. The van der Waals surface area contributed by atoms with Gasteiger partial charge < -0.3 is 35.4 Å². The Bertz CT molecular complexity index is 463. The van der Waals surface area contributed by atoms with E-state index in [9.17, 15) is 25.2 Å². The summed E-state index contributed by atoms with van der Waals surface area (Å²) in [5, 5.41) is 55.6. The Balaban J connectivity index is 2.55. The fourth-order valence-corrected chi connectivity index (χ4v) is 1.55. The maximum atomic E-state index is 11.6. The minimum Gasteiger partial charge on any atom is -0.507 e. The number of aliphatic hydroxyl groups is 5. The maximum Gasteiger partial charge on any atom is 0.342 e. The molecule has 0 unspecified atom stereocenters. The number of carbonyl (C=O) groups is 1. The molecule has 0 aromatic heterocycles. The van der Waals surface area contributed by atoms with Crippen molar-refractivity contribution in [2.24, 2.45) is 0 Å². The Morgan fingerprint density at radius 2 is 1.62 bits per heavy atom. The molecule has 0 amide bonds. The number of aliphatic hydroxyl groups excluding tert-OH is 5. The molecule has 0 saturated carbocycles. The van der Waals surface area contributed by atoms with Crippen molar-refractivity contribution in [2.75, 3.05) is 13.2 Å². The Hall–Kier alpha value is -1.71. The Labute approximate surface area is 120 Å². The van der Waals surface area contributed by atoms with E-state index in [0.717, 1.165) is 0 Å². The topological polar surface area (TPSA) is 148 Å². The van der Waals surface area contributed by atoms with E-state index in [2.05, 4.69) is 0 Å². The van der Waals surface area contributed by atoms with Crippen LogP contribution >= 0.6 is 0 Å². The minimum atomic E-state index is -1.82. The molecule has 0 spiro atoms. The standard InChI is InChI=1S/C13H18O8/c14-5-9(16)11(18)12(19)10(17)6-21-13(20)7-3-1-2-4-8(7)15/h1-4,9-12,14-19H,5-6H2/t9-,10+,11+,12+/m1/s1. The van der Waals surface area contributed by atoms with Gasteiger partial charge >= 0.3 is 5.97 Å². The molecule has 0 fully saturated rings. The predicted molar refractivity (Wildman–Crippen MR) is 69.5 cm³/mol. The molecule has 118 valence electrons. The van der Waals surface area contributed by atoms with Gasteiger partial charge in [0, 0.05) is 0 Å². The molecule has 4 atom stereocenters. The highest BCUT2D eigenvalue weighted by atomic mass is 16.5. The molecule has 1 aromatic carbocycles. The third-order valence-electron chi connectivity index (χ3n) is 2.83. The Kier molecular flexibility index (Phi) is 6.53. The highest BCUT2D eigenvalue weighted by Crippen LogP contribution is 2.17. The lowest BCUT2D eigenvalue weighted by Gasteiger charge is -2.25. The van der Waals surface area contributed by atoms with Gasteiger partial charge in [0.1, 0.15) is 42.3 Å². The van der Waals surface area contributed by atoms with Crippen LogP contribution in [0, 0.1) is 0 Å². The van der Waals surface area contributed by atoms with Crippen molar-refractivity contribution in [3.63, 3.8) is 0 Å². The molecule has 0 aliphatic carbocycles. The zero-order chi connectivity index (χ0) is 16.0. The number of hydrogen-bond acceptors (Lipinski definition) is 8. The van der Waals surface area contributed by atoms with E-state index >= 15 is 0 Å². The third-order valence-corrected chi connectivity index (χ3v) is 2.83. The smallest absolute Gasteiger partial charge is 0.342 e. The van der Waals surface area contributed by atoms with Crippen LogP contribution in [0.25, 0.3) is 0 Å². The van der Waals surface area contributed by atoms with Gasteiger partial charge in [-0.05, 0) is 12.1 Å². The van der Waals surface area contributed by atoms with Crippen LogP contribution in [-0.4, -0.2) is 74.2 Å². The van der Waals surface area contributed by atoms with Gasteiger partial charge in [-0.3, -0.25) is 0 Å². The van der Waals surface area contributed by atoms with Crippen LogP contribution in [0.1, 0.15) is 10.4 Å². The van der Waals surface area contributed by atoms with Gasteiger partial charge in [-0.15, -0.1) is 0 Å². The SMILES string of the molecule is O=C(OC[C@H](O)[C@H](O)[C@@H](O)[C@H](O)CO)c1ccccc1O. The van der Waals surface area contributed by atoms with Crippen molar-refractivity contribution >= 4 is 5.97 Å². The van der Waals surface area contributed by atoms with Crippen LogP contribution in [0.4, 0.5) is 0 Å². The number of aromatic hydroxyl groups is 1. The average Bonchev–Trinajstić information content (AvgIpc) is 2.50. The second-order valence-corrected chi connectivity index (χ2v) is 4.41. The first-order valence-corrected chi connectivity index (χ1v) is 6.16. The van der Waals surface area contributed by atoms with Crippen LogP contribution in [-0.2, 0) is 4.74 Å². The molecule has 1 aromatic rings. The molecule has 21 heavy (non-hydrogen) atoms. The first-order chi connectivity index (χ1) is 9.88. The van der Waals surface area contributed by atoms with E-state index in [4.69, 9.17) is 14.9 Å². The molecule has 0 heterocycles. The number of carbonyl (C=O) groups excluding carboxylic acids is 1. The third kappa shape index (κ3) is 4.66. The van der Waals surface area contributed by atoms with E-state index in [-0.39, 0.29) is 11.3 Å². The van der Waals surface area contributed by atoms with Gasteiger partial charge in [0.05, 0.1) is 6.61 Å². The maximum absolute atomic E-state index is 11.6. The highest BCUT2D eigenvalue weighted by molar-refractivity contribution is 5.92. The van der Waals surface area contributed by atoms with Crippen molar-refractivity contribution in [3.8, 4) is 5.75 Å². The van der Waals surface area contributed by atoms with Crippen LogP contribution < -0.4 is 0 Å². The van der Waals surface area contributed by atoms with Crippen molar-refractivity contribution in [1.29, 1.82) is 0 Å². The number of para-hydroxylation sites is 1. The Morgan fingerprint density at radius 1 is 1.05 bits per heavy atom. The van der Waals surface area contributed by atoms with Gasteiger partial charge in [0.2, 0.25) is 0 Å². The summed E-state index contributed by atoms with van der Waals surface area (Å²) in [5.41, 5.74) is -0.116. The molecular formula is C13H18O8. The molecule has 0 radical (unpaired) electrons. The largest absolute Gasteiger partial charge is 0.507 e. The number of benzene rings is 1. The zero-order valence-electron chi connectivity index (χ0n) is 11.0. The number of esters is 1. The molecule has 8 nitrogen and oxygen atoms in total.